The summed E-state index contributed by atoms with van der Waals surface area (Å²) in [7, 11) is 0. The molecule has 1 saturated heterocycles. The van der Waals surface area contributed by atoms with Gasteiger partial charge in [-0.15, -0.1) is 0 Å². The molecule has 2 N–H and O–H groups in total. The van der Waals surface area contributed by atoms with Crippen LogP contribution in [0.4, 0.5) is 10.2 Å². The lowest BCUT2D eigenvalue weighted by Crippen LogP contribution is -2.26. The van der Waals surface area contributed by atoms with Gasteiger partial charge in [-0.3, -0.25) is 4.90 Å². The predicted octanol–water partition coefficient (Wildman–Crippen LogP) is 3.16. The van der Waals surface area contributed by atoms with Crippen LogP contribution in [0.3, 0.4) is 0 Å². The van der Waals surface area contributed by atoms with Gasteiger partial charge in [-0.05, 0) is 35.8 Å². The monoisotopic (exact) mass is 341 g/mol. The van der Waals surface area contributed by atoms with Crippen LogP contribution >= 0.6 is 0 Å². The first-order chi connectivity index (χ1) is 12.1. The molecule has 0 aliphatic carbocycles. The fraction of sp³-hybridized carbons (Fsp3) is 0.263. The van der Waals surface area contributed by atoms with Crippen molar-refractivity contribution >= 4 is 17.9 Å². The van der Waals surface area contributed by atoms with Crippen molar-refractivity contribution in [3.63, 3.8) is 0 Å². The van der Waals surface area contributed by atoms with E-state index in [0.29, 0.717) is 17.4 Å². The predicted molar refractivity (Wildman–Crippen MR) is 94.7 cm³/mol. The summed E-state index contributed by atoms with van der Waals surface area (Å²) >= 11 is 0. The van der Waals surface area contributed by atoms with Crippen molar-refractivity contribution in [2.24, 2.45) is 0 Å². The third-order valence-corrected chi connectivity index (χ3v) is 4.16. The number of nitrogens with zero attached hydrogens (tertiary/aromatic N) is 2. The molecule has 0 unspecified atom stereocenters. The molecule has 6 heteroatoms. The zero-order valence-electron chi connectivity index (χ0n) is 13.7. The van der Waals surface area contributed by atoms with Gasteiger partial charge in [-0.25, -0.2) is 9.78 Å². The fourth-order valence-corrected chi connectivity index (χ4v) is 2.93. The Hall–Kier alpha value is -2.73. The zero-order chi connectivity index (χ0) is 17.6. The van der Waals surface area contributed by atoms with Crippen LogP contribution in [0.1, 0.15) is 17.5 Å². The van der Waals surface area contributed by atoms with E-state index in [-0.39, 0.29) is 0 Å². The van der Waals surface area contributed by atoms with Crippen molar-refractivity contribution < 1.29 is 14.3 Å². The van der Waals surface area contributed by atoms with Crippen LogP contribution in [0.15, 0.2) is 54.5 Å². The van der Waals surface area contributed by atoms with Crippen molar-refractivity contribution in [3.05, 3.63) is 65.6 Å². The molecule has 25 heavy (non-hydrogen) atoms. The number of benzene rings is 1. The third kappa shape index (κ3) is 4.87. The molecule has 1 fully saturated rings. The Bertz CT molecular complexity index is 747. The Morgan fingerprint density at radius 3 is 2.80 bits per heavy atom. The molecule has 0 spiro atoms. The molecule has 0 bridgehead atoms. The number of aliphatic carboxylic acids is 1. The van der Waals surface area contributed by atoms with E-state index >= 15 is 0 Å². The van der Waals surface area contributed by atoms with Crippen molar-refractivity contribution in [1.82, 2.24) is 9.88 Å². The average Bonchev–Trinajstić information content (AvgIpc) is 3.04. The lowest BCUT2D eigenvalue weighted by molar-refractivity contribution is -0.134. The molecule has 130 valence electrons. The number of pyridine rings is 1. The molecule has 3 rings (SSSR count). The maximum absolute atomic E-state index is 13.1. The minimum Gasteiger partial charge on any atom is -0.476 e. The van der Waals surface area contributed by atoms with E-state index in [1.54, 1.807) is 12.1 Å². The Balaban J connectivity index is 1.53. The first-order valence-corrected chi connectivity index (χ1v) is 8.19. The molecule has 1 aromatic carbocycles. The summed E-state index contributed by atoms with van der Waals surface area (Å²) in [5, 5.41) is 11.9. The van der Waals surface area contributed by atoms with Crippen LogP contribution in [0.2, 0.25) is 0 Å². The maximum atomic E-state index is 13.1. The summed E-state index contributed by atoms with van der Waals surface area (Å²) in [6.45, 7) is 2.90. The number of likely N-dealkylation sites (tertiary alicyclic amines) is 1. The van der Waals surface area contributed by atoms with Gasteiger partial charge < -0.3 is 10.4 Å². The van der Waals surface area contributed by atoms with Crippen molar-refractivity contribution in [2.75, 3.05) is 18.4 Å². The van der Waals surface area contributed by atoms with Crippen LogP contribution in [0, 0.1) is 0 Å². The third-order valence-electron chi connectivity index (χ3n) is 4.16. The van der Waals surface area contributed by atoms with Gasteiger partial charge in [-0.1, -0.05) is 30.3 Å². The van der Waals surface area contributed by atoms with Gasteiger partial charge in [0.15, 0.2) is 0 Å². The molecule has 2 heterocycles. The van der Waals surface area contributed by atoms with Crippen LogP contribution in [0.25, 0.3) is 6.08 Å². The molecule has 1 aromatic heterocycles. The van der Waals surface area contributed by atoms with Crippen LogP contribution in [-0.4, -0.2) is 40.1 Å². The number of halogens is 1. The molecule has 1 aliphatic heterocycles. The first kappa shape index (κ1) is 17.1. The standard InChI is InChI=1S/C19H20FN3O2/c20-17(19(24)25)10-15-6-7-18(21-11-15)22-16-8-9-23(13-16)12-14-4-2-1-3-5-14/h1-7,10-11,16H,8-9,12-13H2,(H,21,22)(H,24,25)/b17-10+/t16-/m1/s1. The van der Waals surface area contributed by atoms with E-state index in [4.69, 9.17) is 5.11 Å². The number of aromatic nitrogens is 1. The molecular weight excluding hydrogens is 321 g/mol. The molecule has 0 radical (unpaired) electrons. The molecule has 1 aliphatic rings. The van der Waals surface area contributed by atoms with Crippen molar-refractivity contribution in [1.29, 1.82) is 0 Å². The number of hydrogen-bond donors (Lipinski definition) is 2. The molecule has 2 aromatic rings. The quantitative estimate of drug-likeness (QED) is 0.790. The van der Waals surface area contributed by atoms with Gasteiger partial charge in [-0.2, -0.15) is 4.39 Å². The molecule has 0 amide bonds. The number of carbonyl (C=O) groups is 1. The Morgan fingerprint density at radius 2 is 2.12 bits per heavy atom. The van der Waals surface area contributed by atoms with Crippen LogP contribution < -0.4 is 5.32 Å². The zero-order valence-corrected chi connectivity index (χ0v) is 13.7. The molecule has 1 atom stereocenters. The van der Waals surface area contributed by atoms with E-state index in [9.17, 15) is 9.18 Å². The minimum absolute atomic E-state index is 0.313. The van der Waals surface area contributed by atoms with Gasteiger partial charge in [0.25, 0.3) is 0 Å². The van der Waals surface area contributed by atoms with Gasteiger partial charge in [0.1, 0.15) is 5.82 Å². The highest BCUT2D eigenvalue weighted by atomic mass is 19.1. The lowest BCUT2D eigenvalue weighted by Gasteiger charge is -2.17. The first-order valence-electron chi connectivity index (χ1n) is 8.19. The van der Waals surface area contributed by atoms with E-state index in [2.05, 4.69) is 27.3 Å². The second-order valence-corrected chi connectivity index (χ2v) is 6.12. The summed E-state index contributed by atoms with van der Waals surface area (Å²) in [6, 6.07) is 14.1. The maximum Gasteiger partial charge on any atom is 0.364 e. The summed E-state index contributed by atoms with van der Waals surface area (Å²) in [5.41, 5.74) is 1.72. The molecule has 5 nitrogen and oxygen atoms in total. The van der Waals surface area contributed by atoms with E-state index in [1.165, 1.54) is 11.8 Å². The molecule has 0 saturated carbocycles. The van der Waals surface area contributed by atoms with E-state index in [0.717, 1.165) is 32.1 Å². The van der Waals surface area contributed by atoms with Crippen molar-refractivity contribution in [3.8, 4) is 0 Å². The van der Waals surface area contributed by atoms with Gasteiger partial charge in [0.2, 0.25) is 5.83 Å². The minimum atomic E-state index is -1.58. The fourth-order valence-electron chi connectivity index (χ4n) is 2.93. The highest BCUT2D eigenvalue weighted by Gasteiger charge is 2.22. The second-order valence-electron chi connectivity index (χ2n) is 6.12. The van der Waals surface area contributed by atoms with Crippen molar-refractivity contribution in [2.45, 2.75) is 19.0 Å². The normalized spacial score (nSPS) is 18.3. The Kier molecular flexibility index (Phi) is 5.40. The lowest BCUT2D eigenvalue weighted by atomic mass is 10.2. The van der Waals surface area contributed by atoms with Gasteiger partial charge in [0.05, 0.1) is 0 Å². The van der Waals surface area contributed by atoms with Crippen LogP contribution in [-0.2, 0) is 11.3 Å². The average molecular weight is 341 g/mol. The topological polar surface area (TPSA) is 65.5 Å². The smallest absolute Gasteiger partial charge is 0.364 e. The highest BCUT2D eigenvalue weighted by molar-refractivity contribution is 5.89. The summed E-state index contributed by atoms with van der Waals surface area (Å²) in [4.78, 5) is 17.1. The molecular formula is C19H20FN3O2. The van der Waals surface area contributed by atoms with E-state index in [1.807, 2.05) is 18.2 Å². The number of nitrogens with one attached hydrogen (secondary N) is 1. The number of hydrogen-bond acceptors (Lipinski definition) is 4. The number of carboxylic acid groups (broad SMARTS) is 1. The largest absolute Gasteiger partial charge is 0.476 e. The van der Waals surface area contributed by atoms with Crippen LogP contribution in [0.5, 0.6) is 0 Å². The number of carboxylic acids is 1. The number of rotatable bonds is 6. The Morgan fingerprint density at radius 1 is 1.32 bits per heavy atom. The SMILES string of the molecule is O=C(O)/C(F)=C\c1ccc(N[C@@H]2CCN(Cc3ccccc3)C2)nc1. The summed E-state index contributed by atoms with van der Waals surface area (Å²) < 4.78 is 13.1. The van der Waals surface area contributed by atoms with Gasteiger partial charge in [0, 0.05) is 31.9 Å². The number of anilines is 1. The second kappa shape index (κ2) is 7.90. The van der Waals surface area contributed by atoms with E-state index < -0.39 is 11.8 Å². The Labute approximate surface area is 145 Å². The highest BCUT2D eigenvalue weighted by Crippen LogP contribution is 2.17. The summed E-state index contributed by atoms with van der Waals surface area (Å²) in [6.07, 6.45) is 3.45. The summed E-state index contributed by atoms with van der Waals surface area (Å²) in [5.74, 6) is -2.07. The van der Waals surface area contributed by atoms with Gasteiger partial charge >= 0.3 is 5.97 Å².